The maximum atomic E-state index is 12.8. The van der Waals surface area contributed by atoms with Crippen molar-refractivity contribution in [2.75, 3.05) is 0 Å². The van der Waals surface area contributed by atoms with Gasteiger partial charge in [0.15, 0.2) is 0 Å². The minimum atomic E-state index is -0.0294. The molecule has 4 heteroatoms. The van der Waals surface area contributed by atoms with Crippen molar-refractivity contribution < 1.29 is 4.79 Å². The van der Waals surface area contributed by atoms with E-state index in [1.54, 1.807) is 12.4 Å². The molecule has 2 heterocycles. The molecule has 0 aliphatic heterocycles. The molecule has 1 saturated carbocycles. The van der Waals surface area contributed by atoms with Crippen LogP contribution in [0.1, 0.15) is 78.4 Å². The van der Waals surface area contributed by atoms with E-state index in [1.807, 2.05) is 25.1 Å². The van der Waals surface area contributed by atoms with Crippen LogP contribution in [-0.4, -0.2) is 15.5 Å². The lowest BCUT2D eigenvalue weighted by atomic mass is 9.95. The molecule has 3 rings (SSSR count). The van der Waals surface area contributed by atoms with E-state index < -0.39 is 0 Å². The molecule has 1 amide bonds. The van der Waals surface area contributed by atoms with E-state index >= 15 is 0 Å². The summed E-state index contributed by atoms with van der Waals surface area (Å²) in [5.74, 6) is 0.00877. The molecule has 2 aromatic rings. The van der Waals surface area contributed by atoms with E-state index in [-0.39, 0.29) is 11.9 Å². The maximum absolute atomic E-state index is 12.8. The largest absolute Gasteiger partial charge is 0.345 e. The number of carbonyl (C=O) groups is 1. The minimum Gasteiger partial charge on any atom is -0.345 e. The van der Waals surface area contributed by atoms with Gasteiger partial charge < -0.3 is 9.88 Å². The van der Waals surface area contributed by atoms with E-state index in [9.17, 15) is 4.79 Å². The molecule has 4 nitrogen and oxygen atoms in total. The molecule has 128 valence electrons. The molecular formula is C20H27N3O. The normalized spacial score (nSPS) is 16.8. The average molecular weight is 325 g/mol. The second-order valence-electron chi connectivity index (χ2n) is 6.92. The molecule has 1 atom stereocenters. The zero-order chi connectivity index (χ0) is 17.1. The second-order valence-corrected chi connectivity index (χ2v) is 6.92. The molecule has 0 bridgehead atoms. The second kappa shape index (κ2) is 7.20. The molecule has 0 aromatic carbocycles. The summed E-state index contributed by atoms with van der Waals surface area (Å²) in [5, 5.41) is 3.12. The summed E-state index contributed by atoms with van der Waals surface area (Å²) in [7, 11) is 0. The van der Waals surface area contributed by atoms with Crippen LogP contribution in [0.4, 0.5) is 0 Å². The zero-order valence-electron chi connectivity index (χ0n) is 14.9. The maximum Gasteiger partial charge on any atom is 0.253 e. The summed E-state index contributed by atoms with van der Waals surface area (Å²) in [6.07, 6.45) is 9.90. The van der Waals surface area contributed by atoms with Crippen molar-refractivity contribution >= 4 is 5.91 Å². The van der Waals surface area contributed by atoms with Crippen molar-refractivity contribution in [2.45, 2.75) is 65.0 Å². The van der Waals surface area contributed by atoms with Gasteiger partial charge in [0, 0.05) is 29.8 Å². The molecule has 1 unspecified atom stereocenters. The molecule has 1 N–H and O–H groups in total. The number of amides is 1. The number of nitrogens with one attached hydrogen (secondary N) is 1. The lowest BCUT2D eigenvalue weighted by Crippen LogP contribution is -2.27. The number of aryl methyl sites for hydroxylation is 1. The SMILES string of the molecule is Cc1cc(C(=O)NC(C)c2ccncc2)c(C)n1C1CCCCC1. The Morgan fingerprint density at radius 1 is 1.21 bits per heavy atom. The zero-order valence-corrected chi connectivity index (χ0v) is 14.9. The van der Waals surface area contributed by atoms with Gasteiger partial charge in [-0.25, -0.2) is 0 Å². The molecule has 1 fully saturated rings. The van der Waals surface area contributed by atoms with Gasteiger partial charge in [0.25, 0.3) is 5.91 Å². The highest BCUT2D eigenvalue weighted by Gasteiger charge is 2.23. The van der Waals surface area contributed by atoms with Crippen LogP contribution in [0.3, 0.4) is 0 Å². The van der Waals surface area contributed by atoms with Crippen LogP contribution in [0.5, 0.6) is 0 Å². The molecular weight excluding hydrogens is 298 g/mol. The van der Waals surface area contributed by atoms with E-state index in [1.165, 1.54) is 37.8 Å². The van der Waals surface area contributed by atoms with Crippen LogP contribution < -0.4 is 5.32 Å². The van der Waals surface area contributed by atoms with Crippen molar-refractivity contribution in [3.05, 3.63) is 53.1 Å². The van der Waals surface area contributed by atoms with Crippen molar-refractivity contribution in [1.82, 2.24) is 14.9 Å². The fourth-order valence-electron chi connectivity index (χ4n) is 3.92. The van der Waals surface area contributed by atoms with Gasteiger partial charge in [-0.05, 0) is 57.4 Å². The summed E-state index contributed by atoms with van der Waals surface area (Å²) in [5.41, 5.74) is 4.17. The summed E-state index contributed by atoms with van der Waals surface area (Å²) < 4.78 is 2.38. The Morgan fingerprint density at radius 3 is 2.54 bits per heavy atom. The first kappa shape index (κ1) is 16.7. The molecule has 1 aliphatic carbocycles. The first-order chi connectivity index (χ1) is 11.6. The van der Waals surface area contributed by atoms with Crippen molar-refractivity contribution in [3.63, 3.8) is 0 Å². The highest BCUT2D eigenvalue weighted by atomic mass is 16.1. The number of carbonyl (C=O) groups excluding carboxylic acids is 1. The number of hydrogen-bond acceptors (Lipinski definition) is 2. The van der Waals surface area contributed by atoms with Gasteiger partial charge in [-0.1, -0.05) is 19.3 Å². The van der Waals surface area contributed by atoms with E-state index in [2.05, 4.69) is 28.7 Å². The standard InChI is InChI=1S/C20H27N3O/c1-14-13-19(16(3)23(14)18-7-5-4-6-8-18)20(24)22-15(2)17-9-11-21-12-10-17/h9-13,15,18H,4-8H2,1-3H3,(H,22,24). The first-order valence-electron chi connectivity index (χ1n) is 8.97. The smallest absolute Gasteiger partial charge is 0.253 e. The van der Waals surface area contributed by atoms with E-state index in [0.717, 1.165) is 16.8 Å². The van der Waals surface area contributed by atoms with Gasteiger partial charge in [0.1, 0.15) is 0 Å². The van der Waals surface area contributed by atoms with Crippen molar-refractivity contribution in [2.24, 2.45) is 0 Å². The monoisotopic (exact) mass is 325 g/mol. The van der Waals surface area contributed by atoms with Gasteiger partial charge in [0.2, 0.25) is 0 Å². The summed E-state index contributed by atoms with van der Waals surface area (Å²) in [4.78, 5) is 16.8. The van der Waals surface area contributed by atoms with Crippen LogP contribution in [0.25, 0.3) is 0 Å². The highest BCUT2D eigenvalue weighted by molar-refractivity contribution is 5.96. The number of pyridine rings is 1. The van der Waals surface area contributed by atoms with Gasteiger partial charge >= 0.3 is 0 Å². The summed E-state index contributed by atoms with van der Waals surface area (Å²) in [6, 6.07) is 6.45. The third-order valence-electron chi connectivity index (χ3n) is 5.22. The number of nitrogens with zero attached hydrogens (tertiary/aromatic N) is 2. The van der Waals surface area contributed by atoms with E-state index in [4.69, 9.17) is 0 Å². The molecule has 1 aliphatic rings. The number of rotatable bonds is 4. The predicted molar refractivity (Wildman–Crippen MR) is 96.1 cm³/mol. The Labute approximate surface area is 144 Å². The number of hydrogen-bond donors (Lipinski definition) is 1. The Balaban J connectivity index is 1.78. The molecule has 2 aromatic heterocycles. The van der Waals surface area contributed by atoms with Crippen LogP contribution in [-0.2, 0) is 0 Å². The topological polar surface area (TPSA) is 46.9 Å². The Morgan fingerprint density at radius 2 is 1.88 bits per heavy atom. The Hall–Kier alpha value is -2.10. The van der Waals surface area contributed by atoms with Gasteiger partial charge in [-0.3, -0.25) is 9.78 Å². The van der Waals surface area contributed by atoms with E-state index in [0.29, 0.717) is 6.04 Å². The summed E-state index contributed by atoms with van der Waals surface area (Å²) >= 11 is 0. The van der Waals surface area contributed by atoms with Crippen LogP contribution >= 0.6 is 0 Å². The average Bonchev–Trinajstić information content (AvgIpc) is 2.91. The van der Waals surface area contributed by atoms with Gasteiger partial charge in [-0.15, -0.1) is 0 Å². The molecule has 24 heavy (non-hydrogen) atoms. The quantitative estimate of drug-likeness (QED) is 0.900. The van der Waals surface area contributed by atoms with Crippen molar-refractivity contribution in [1.29, 1.82) is 0 Å². The van der Waals surface area contributed by atoms with Gasteiger partial charge in [0.05, 0.1) is 11.6 Å². The summed E-state index contributed by atoms with van der Waals surface area (Å²) in [6.45, 7) is 6.20. The highest BCUT2D eigenvalue weighted by Crippen LogP contribution is 2.32. The number of aromatic nitrogens is 2. The minimum absolute atomic E-state index is 0.00877. The lowest BCUT2D eigenvalue weighted by Gasteiger charge is -2.26. The fraction of sp³-hybridized carbons (Fsp3) is 0.500. The lowest BCUT2D eigenvalue weighted by molar-refractivity contribution is 0.0939. The molecule has 0 spiro atoms. The molecule has 0 radical (unpaired) electrons. The van der Waals surface area contributed by atoms with Crippen LogP contribution in [0.2, 0.25) is 0 Å². The Bertz CT molecular complexity index is 699. The third-order valence-corrected chi connectivity index (χ3v) is 5.22. The molecule has 0 saturated heterocycles. The first-order valence-corrected chi connectivity index (χ1v) is 8.97. The van der Waals surface area contributed by atoms with Crippen LogP contribution in [0, 0.1) is 13.8 Å². The van der Waals surface area contributed by atoms with Gasteiger partial charge in [-0.2, -0.15) is 0 Å². The fourth-order valence-corrected chi connectivity index (χ4v) is 3.92. The Kier molecular flexibility index (Phi) is 5.03. The van der Waals surface area contributed by atoms with Crippen LogP contribution in [0.15, 0.2) is 30.6 Å². The van der Waals surface area contributed by atoms with Crippen molar-refractivity contribution in [3.8, 4) is 0 Å². The predicted octanol–water partition coefficient (Wildman–Crippen LogP) is 4.50. The third kappa shape index (κ3) is 3.37.